The predicted octanol–water partition coefficient (Wildman–Crippen LogP) is 2.83. The van der Waals surface area contributed by atoms with E-state index in [1.54, 1.807) is 0 Å². The predicted molar refractivity (Wildman–Crippen MR) is 60.3 cm³/mol. The fourth-order valence-electron chi connectivity index (χ4n) is 1.14. The molecule has 0 radical (unpaired) electrons. The molecule has 100 valence electrons. The summed E-state index contributed by atoms with van der Waals surface area (Å²) in [6.45, 7) is 1.72. The Morgan fingerprint density at radius 3 is 2.39 bits per heavy atom. The van der Waals surface area contributed by atoms with Crippen LogP contribution in [0.2, 0.25) is 0 Å². The van der Waals surface area contributed by atoms with Crippen LogP contribution in [0.3, 0.4) is 0 Å². The molecule has 18 heavy (non-hydrogen) atoms. The topological polar surface area (TPSA) is 38.3 Å². The van der Waals surface area contributed by atoms with E-state index in [2.05, 4.69) is 10.1 Å². The highest BCUT2D eigenvalue weighted by atomic mass is 35.5. The Balaban J connectivity index is 2.53. The minimum absolute atomic E-state index is 0.197. The average molecular weight is 282 g/mol. The van der Waals surface area contributed by atoms with Crippen molar-refractivity contribution in [3.8, 4) is 5.75 Å². The van der Waals surface area contributed by atoms with Gasteiger partial charge in [0, 0.05) is 6.54 Å². The molecule has 0 aliphatic rings. The fourth-order valence-corrected chi connectivity index (χ4v) is 1.22. The first-order chi connectivity index (χ1) is 8.28. The van der Waals surface area contributed by atoms with Crippen LogP contribution >= 0.6 is 11.6 Å². The van der Waals surface area contributed by atoms with Crippen molar-refractivity contribution in [3.63, 3.8) is 0 Å². The van der Waals surface area contributed by atoms with Crippen molar-refractivity contribution in [2.75, 3.05) is 0 Å². The molecule has 0 spiro atoms. The molecule has 3 nitrogen and oxygen atoms in total. The number of hydrogen-bond acceptors (Lipinski definition) is 2. The maximum Gasteiger partial charge on any atom is 0.573 e. The number of ether oxygens (including phenoxy) is 1. The maximum atomic E-state index is 11.9. The zero-order valence-corrected chi connectivity index (χ0v) is 10.2. The summed E-state index contributed by atoms with van der Waals surface area (Å²) in [7, 11) is 0. The van der Waals surface area contributed by atoms with Crippen molar-refractivity contribution in [2.45, 2.75) is 25.2 Å². The first-order valence-electron chi connectivity index (χ1n) is 5.04. The Bertz CT molecular complexity index is 404. The Labute approximate surface area is 107 Å². The number of hydrogen-bond donors (Lipinski definition) is 1. The van der Waals surface area contributed by atoms with E-state index in [-0.39, 0.29) is 18.2 Å². The summed E-state index contributed by atoms with van der Waals surface area (Å²) in [5.74, 6) is -0.643. The molecule has 0 bridgehead atoms. The molecule has 1 N–H and O–H groups in total. The van der Waals surface area contributed by atoms with E-state index in [0.29, 0.717) is 5.56 Å². The summed E-state index contributed by atoms with van der Waals surface area (Å²) in [6, 6.07) is 5.22. The zero-order chi connectivity index (χ0) is 13.8. The molecule has 0 saturated heterocycles. The first-order valence-corrected chi connectivity index (χ1v) is 5.48. The van der Waals surface area contributed by atoms with Gasteiger partial charge in [0.2, 0.25) is 5.91 Å². The third-order valence-corrected chi connectivity index (χ3v) is 2.18. The van der Waals surface area contributed by atoms with Gasteiger partial charge in [0.05, 0.1) is 0 Å². The molecule has 0 aliphatic heterocycles. The van der Waals surface area contributed by atoms with Gasteiger partial charge < -0.3 is 10.1 Å². The molecule has 1 amide bonds. The maximum absolute atomic E-state index is 11.9. The van der Waals surface area contributed by atoms with E-state index in [9.17, 15) is 18.0 Å². The summed E-state index contributed by atoms with van der Waals surface area (Å²) in [5.41, 5.74) is 0.648. The third kappa shape index (κ3) is 5.27. The Kier molecular flexibility index (Phi) is 4.84. The van der Waals surface area contributed by atoms with Gasteiger partial charge in [-0.15, -0.1) is 24.8 Å². The Morgan fingerprint density at radius 1 is 1.39 bits per heavy atom. The molecular weight excluding hydrogens is 271 g/mol. The number of halogens is 4. The number of carbonyl (C=O) groups excluding carboxylic acids is 1. The van der Waals surface area contributed by atoms with Crippen LogP contribution in [-0.2, 0) is 11.3 Å². The number of rotatable bonds is 4. The number of benzene rings is 1. The molecule has 1 aromatic carbocycles. The zero-order valence-electron chi connectivity index (χ0n) is 9.42. The monoisotopic (exact) mass is 281 g/mol. The number of amides is 1. The minimum atomic E-state index is -4.70. The van der Waals surface area contributed by atoms with Gasteiger partial charge in [0.15, 0.2) is 0 Å². The lowest BCUT2D eigenvalue weighted by Gasteiger charge is -2.10. The molecule has 1 unspecified atom stereocenters. The van der Waals surface area contributed by atoms with Crippen molar-refractivity contribution in [1.29, 1.82) is 0 Å². The highest BCUT2D eigenvalue weighted by Gasteiger charge is 2.30. The fraction of sp³-hybridized carbons (Fsp3) is 0.364. The van der Waals surface area contributed by atoms with Gasteiger partial charge >= 0.3 is 6.36 Å². The van der Waals surface area contributed by atoms with Gasteiger partial charge in [-0.05, 0) is 24.6 Å². The summed E-state index contributed by atoms with van der Waals surface area (Å²) in [5, 5.41) is 1.88. The highest BCUT2D eigenvalue weighted by Crippen LogP contribution is 2.22. The first kappa shape index (κ1) is 14.6. The van der Waals surface area contributed by atoms with Crippen LogP contribution in [0.5, 0.6) is 5.75 Å². The molecular formula is C11H11ClF3NO2. The van der Waals surface area contributed by atoms with Crippen LogP contribution in [0.1, 0.15) is 12.5 Å². The highest BCUT2D eigenvalue weighted by molar-refractivity contribution is 6.30. The second-order valence-corrected chi connectivity index (χ2v) is 4.18. The van der Waals surface area contributed by atoms with Crippen LogP contribution in [0.4, 0.5) is 13.2 Å². The van der Waals surface area contributed by atoms with Crippen molar-refractivity contribution >= 4 is 17.5 Å². The lowest BCUT2D eigenvalue weighted by molar-refractivity contribution is -0.274. The minimum Gasteiger partial charge on any atom is -0.406 e. The number of alkyl halides is 4. The van der Waals surface area contributed by atoms with Crippen LogP contribution in [-0.4, -0.2) is 17.6 Å². The average Bonchev–Trinajstić information content (AvgIpc) is 2.25. The molecule has 1 aromatic rings. The largest absolute Gasteiger partial charge is 0.573 e. The summed E-state index contributed by atoms with van der Waals surface area (Å²) >= 11 is 5.54. The van der Waals surface area contributed by atoms with E-state index in [1.807, 2.05) is 0 Å². The Morgan fingerprint density at radius 2 is 1.94 bits per heavy atom. The summed E-state index contributed by atoms with van der Waals surface area (Å²) in [6.07, 6.45) is -4.70. The lowest BCUT2D eigenvalue weighted by atomic mass is 10.2. The summed E-state index contributed by atoms with van der Waals surface area (Å²) < 4.78 is 39.4. The standard InChI is InChI=1S/C11H11ClF3NO2/c1-7(12)10(17)16-6-8-2-4-9(5-3-8)18-11(13,14)15/h2-5,7H,6H2,1H3,(H,16,17). The van der Waals surface area contributed by atoms with Gasteiger partial charge in [0.1, 0.15) is 11.1 Å². The molecule has 0 aliphatic carbocycles. The quantitative estimate of drug-likeness (QED) is 0.862. The van der Waals surface area contributed by atoms with Crippen LogP contribution in [0, 0.1) is 0 Å². The van der Waals surface area contributed by atoms with Gasteiger partial charge in [-0.1, -0.05) is 12.1 Å². The van der Waals surface area contributed by atoms with E-state index < -0.39 is 11.7 Å². The second kappa shape index (κ2) is 5.95. The molecule has 0 aromatic heterocycles. The van der Waals surface area contributed by atoms with Crippen molar-refractivity contribution in [2.24, 2.45) is 0 Å². The second-order valence-electron chi connectivity index (χ2n) is 3.53. The van der Waals surface area contributed by atoms with E-state index >= 15 is 0 Å². The molecule has 0 heterocycles. The molecule has 0 saturated carbocycles. The van der Waals surface area contributed by atoms with E-state index in [0.717, 1.165) is 0 Å². The van der Waals surface area contributed by atoms with E-state index in [4.69, 9.17) is 11.6 Å². The lowest BCUT2D eigenvalue weighted by Crippen LogP contribution is -2.29. The van der Waals surface area contributed by atoms with Gasteiger partial charge in [0.25, 0.3) is 0 Å². The van der Waals surface area contributed by atoms with Crippen molar-refractivity contribution < 1.29 is 22.7 Å². The summed E-state index contributed by atoms with van der Waals surface area (Å²) in [4.78, 5) is 11.2. The molecule has 1 atom stereocenters. The third-order valence-electron chi connectivity index (χ3n) is 1.98. The van der Waals surface area contributed by atoms with Gasteiger partial charge in [-0.25, -0.2) is 0 Å². The Hall–Kier alpha value is -1.43. The SMILES string of the molecule is CC(Cl)C(=O)NCc1ccc(OC(F)(F)F)cc1. The van der Waals surface area contributed by atoms with Crippen molar-refractivity contribution in [3.05, 3.63) is 29.8 Å². The van der Waals surface area contributed by atoms with Crippen LogP contribution < -0.4 is 10.1 Å². The van der Waals surface area contributed by atoms with Crippen molar-refractivity contribution in [1.82, 2.24) is 5.32 Å². The smallest absolute Gasteiger partial charge is 0.406 e. The molecule has 7 heteroatoms. The van der Waals surface area contributed by atoms with Crippen LogP contribution in [0.25, 0.3) is 0 Å². The molecule has 1 rings (SSSR count). The van der Waals surface area contributed by atoms with Crippen LogP contribution in [0.15, 0.2) is 24.3 Å². The van der Waals surface area contributed by atoms with E-state index in [1.165, 1.54) is 31.2 Å². The number of carbonyl (C=O) groups is 1. The molecule has 0 fully saturated rings. The van der Waals surface area contributed by atoms with Gasteiger partial charge in [-0.3, -0.25) is 4.79 Å². The number of nitrogens with one attached hydrogen (secondary N) is 1. The normalized spacial score (nSPS) is 12.9. The van der Waals surface area contributed by atoms with Gasteiger partial charge in [-0.2, -0.15) is 0 Å².